The molecular weight excluding hydrogens is 270 g/mol. The summed E-state index contributed by atoms with van der Waals surface area (Å²) in [7, 11) is 0. The molecule has 0 unspecified atom stereocenters. The third kappa shape index (κ3) is 3.35. The van der Waals surface area contributed by atoms with E-state index in [0.717, 1.165) is 27.0 Å². The third-order valence-corrected chi connectivity index (χ3v) is 4.15. The lowest BCUT2D eigenvalue weighted by Gasteiger charge is -2.08. The molecule has 0 radical (unpaired) electrons. The second kappa shape index (κ2) is 6.33. The first-order valence-electron chi connectivity index (χ1n) is 6.65. The number of rotatable bonds is 4. The van der Waals surface area contributed by atoms with Crippen molar-refractivity contribution >= 4 is 11.8 Å². The monoisotopic (exact) mass is 289 g/mol. The highest BCUT2D eigenvalue weighted by Crippen LogP contribution is 2.26. The topological polar surface area (TPSA) is 58.9 Å². The maximum atomic E-state index is 9.72. The summed E-state index contributed by atoms with van der Waals surface area (Å²) >= 11 is 1.49. The third-order valence-electron chi connectivity index (χ3n) is 3.31. The molecule has 2 aromatic heterocycles. The van der Waals surface area contributed by atoms with E-state index in [1.165, 1.54) is 11.8 Å². The predicted octanol–water partition coefficient (Wildman–Crippen LogP) is 3.39. The van der Waals surface area contributed by atoms with Crippen molar-refractivity contribution in [2.45, 2.75) is 50.3 Å². The van der Waals surface area contributed by atoms with Crippen molar-refractivity contribution in [3.8, 4) is 0 Å². The second-order valence-electron chi connectivity index (χ2n) is 4.75. The van der Waals surface area contributed by atoms with Crippen LogP contribution in [0.4, 0.5) is 0 Å². The molecule has 1 N–H and O–H groups in total. The summed E-state index contributed by atoms with van der Waals surface area (Å²) in [6.45, 7) is 7.95. The van der Waals surface area contributed by atoms with Gasteiger partial charge in [0, 0.05) is 22.5 Å². The molecule has 2 rings (SSSR count). The molecule has 5 heteroatoms. The molecule has 0 amide bonds. The highest BCUT2D eigenvalue weighted by atomic mass is 32.2. The Kier molecular flexibility index (Phi) is 4.73. The largest absolute Gasteiger partial charge is 0.387 e. The normalized spacial score (nSPS) is 12.4. The van der Waals surface area contributed by atoms with Crippen LogP contribution in [0.3, 0.4) is 0 Å². The highest BCUT2D eigenvalue weighted by molar-refractivity contribution is 7.99. The molecule has 2 aromatic rings. The van der Waals surface area contributed by atoms with Crippen LogP contribution in [0, 0.1) is 20.8 Å². The molecule has 0 aliphatic carbocycles. The summed E-state index contributed by atoms with van der Waals surface area (Å²) in [5.41, 5.74) is 3.85. The van der Waals surface area contributed by atoms with E-state index in [4.69, 9.17) is 0 Å². The van der Waals surface area contributed by atoms with Crippen LogP contribution in [-0.4, -0.2) is 20.1 Å². The van der Waals surface area contributed by atoms with E-state index in [-0.39, 0.29) is 0 Å². The predicted molar refractivity (Wildman–Crippen MR) is 79.9 cm³/mol. The molecule has 0 fully saturated rings. The Bertz CT molecular complexity index is 576. The molecular formula is C15H19N3OS. The number of aliphatic hydroxyl groups excluding tert-OH is 1. The Morgan fingerprint density at radius 2 is 1.80 bits per heavy atom. The molecule has 2 heterocycles. The Balaban J connectivity index is 2.18. The second-order valence-corrected chi connectivity index (χ2v) is 5.79. The summed E-state index contributed by atoms with van der Waals surface area (Å²) in [5.74, 6) is 0. The van der Waals surface area contributed by atoms with Gasteiger partial charge in [-0.05, 0) is 56.7 Å². The molecule has 0 spiro atoms. The Morgan fingerprint density at radius 3 is 2.30 bits per heavy atom. The van der Waals surface area contributed by atoms with Gasteiger partial charge in [0.25, 0.3) is 0 Å². The SMILES string of the molecule is CC[C@H](O)c1ccc(Sc2nc(C)c(C)c(C)n2)cn1. The Hall–Kier alpha value is -1.46. The molecule has 0 saturated carbocycles. The van der Waals surface area contributed by atoms with Gasteiger partial charge < -0.3 is 5.11 Å². The zero-order valence-corrected chi connectivity index (χ0v) is 13.0. The molecule has 0 bridgehead atoms. The number of aromatic nitrogens is 3. The van der Waals surface area contributed by atoms with E-state index in [1.807, 2.05) is 39.8 Å². The minimum atomic E-state index is -0.492. The maximum absolute atomic E-state index is 9.72. The fraction of sp³-hybridized carbons (Fsp3) is 0.400. The van der Waals surface area contributed by atoms with Crippen molar-refractivity contribution in [1.29, 1.82) is 0 Å². The van der Waals surface area contributed by atoms with Crippen LogP contribution in [-0.2, 0) is 0 Å². The van der Waals surface area contributed by atoms with E-state index in [2.05, 4.69) is 15.0 Å². The average molecular weight is 289 g/mol. The van der Waals surface area contributed by atoms with Crippen molar-refractivity contribution < 1.29 is 5.11 Å². The summed E-state index contributed by atoms with van der Waals surface area (Å²) in [6, 6.07) is 3.80. The smallest absolute Gasteiger partial charge is 0.192 e. The van der Waals surface area contributed by atoms with E-state index in [9.17, 15) is 5.11 Å². The van der Waals surface area contributed by atoms with E-state index >= 15 is 0 Å². The van der Waals surface area contributed by atoms with Crippen molar-refractivity contribution in [2.75, 3.05) is 0 Å². The molecule has 0 aliphatic heterocycles. The lowest BCUT2D eigenvalue weighted by Crippen LogP contribution is -1.99. The highest BCUT2D eigenvalue weighted by Gasteiger charge is 2.09. The Labute approximate surface area is 123 Å². The van der Waals surface area contributed by atoms with Crippen molar-refractivity contribution in [3.63, 3.8) is 0 Å². The van der Waals surface area contributed by atoms with Crippen molar-refractivity contribution in [1.82, 2.24) is 15.0 Å². The van der Waals surface area contributed by atoms with Crippen LogP contribution in [0.2, 0.25) is 0 Å². The molecule has 4 nitrogen and oxygen atoms in total. The first-order chi connectivity index (χ1) is 9.51. The van der Waals surface area contributed by atoms with Crippen LogP contribution >= 0.6 is 11.8 Å². The van der Waals surface area contributed by atoms with Gasteiger partial charge in [-0.15, -0.1) is 0 Å². The van der Waals surface area contributed by atoms with Crippen molar-refractivity contribution in [2.24, 2.45) is 0 Å². The number of hydrogen-bond acceptors (Lipinski definition) is 5. The standard InChI is InChI=1S/C15H19N3OS/c1-5-14(19)13-7-6-12(8-16-13)20-15-17-10(3)9(2)11(4)18-15/h6-8,14,19H,5H2,1-4H3/t14-/m0/s1. The van der Waals surface area contributed by atoms with E-state index in [0.29, 0.717) is 12.1 Å². The lowest BCUT2D eigenvalue weighted by molar-refractivity contribution is 0.169. The first kappa shape index (κ1) is 14.9. The van der Waals surface area contributed by atoms with Crippen LogP contribution in [0.1, 0.15) is 42.1 Å². The minimum Gasteiger partial charge on any atom is -0.387 e. The number of aliphatic hydroxyl groups is 1. The first-order valence-corrected chi connectivity index (χ1v) is 7.46. The molecule has 20 heavy (non-hydrogen) atoms. The lowest BCUT2D eigenvalue weighted by atomic mass is 10.2. The summed E-state index contributed by atoms with van der Waals surface area (Å²) in [6.07, 6.45) is 1.93. The van der Waals surface area contributed by atoms with Gasteiger partial charge in [0.15, 0.2) is 5.16 Å². The zero-order chi connectivity index (χ0) is 14.7. The number of hydrogen-bond donors (Lipinski definition) is 1. The average Bonchev–Trinajstić information content (AvgIpc) is 2.44. The summed E-state index contributed by atoms with van der Waals surface area (Å²) in [4.78, 5) is 14.2. The van der Waals surface area contributed by atoms with Gasteiger partial charge in [0.1, 0.15) is 0 Å². The van der Waals surface area contributed by atoms with Crippen LogP contribution in [0.25, 0.3) is 0 Å². The summed E-state index contributed by atoms with van der Waals surface area (Å²) < 4.78 is 0. The fourth-order valence-electron chi connectivity index (χ4n) is 1.75. The van der Waals surface area contributed by atoms with Gasteiger partial charge in [-0.2, -0.15) is 0 Å². The van der Waals surface area contributed by atoms with Gasteiger partial charge in [-0.3, -0.25) is 4.98 Å². The molecule has 0 aliphatic rings. The van der Waals surface area contributed by atoms with E-state index < -0.39 is 6.10 Å². The van der Waals surface area contributed by atoms with Crippen LogP contribution in [0.5, 0.6) is 0 Å². The summed E-state index contributed by atoms with van der Waals surface area (Å²) in [5, 5.41) is 10.5. The molecule has 1 atom stereocenters. The number of pyridine rings is 1. The number of nitrogens with zero attached hydrogens (tertiary/aromatic N) is 3. The molecule has 106 valence electrons. The van der Waals surface area contributed by atoms with Gasteiger partial charge in [-0.1, -0.05) is 6.92 Å². The quantitative estimate of drug-likeness (QED) is 0.874. The zero-order valence-electron chi connectivity index (χ0n) is 12.2. The fourth-order valence-corrected chi connectivity index (χ4v) is 2.57. The molecule has 0 saturated heterocycles. The Morgan fingerprint density at radius 1 is 1.15 bits per heavy atom. The maximum Gasteiger partial charge on any atom is 0.192 e. The van der Waals surface area contributed by atoms with Crippen LogP contribution < -0.4 is 0 Å². The van der Waals surface area contributed by atoms with Gasteiger partial charge in [-0.25, -0.2) is 9.97 Å². The molecule has 0 aromatic carbocycles. The van der Waals surface area contributed by atoms with E-state index in [1.54, 1.807) is 6.20 Å². The number of aryl methyl sites for hydroxylation is 2. The van der Waals surface area contributed by atoms with Gasteiger partial charge in [0.2, 0.25) is 0 Å². The van der Waals surface area contributed by atoms with Crippen molar-refractivity contribution in [3.05, 3.63) is 41.0 Å². The van der Waals surface area contributed by atoms with Gasteiger partial charge >= 0.3 is 0 Å². The van der Waals surface area contributed by atoms with Crippen LogP contribution in [0.15, 0.2) is 28.4 Å². The van der Waals surface area contributed by atoms with Gasteiger partial charge in [0.05, 0.1) is 11.8 Å². The minimum absolute atomic E-state index is 0.492.